The smallest absolute Gasteiger partial charge is 0.340 e. The van der Waals surface area contributed by atoms with Gasteiger partial charge in [0, 0.05) is 13.1 Å². The van der Waals surface area contributed by atoms with Gasteiger partial charge in [-0.1, -0.05) is 0 Å². The third-order valence-electron chi connectivity index (χ3n) is 3.69. The van der Waals surface area contributed by atoms with Gasteiger partial charge < -0.3 is 20.1 Å². The molecule has 2 fully saturated rings. The maximum Gasteiger partial charge on any atom is 0.340 e. The first-order chi connectivity index (χ1) is 9.17. The number of nitrogen functional groups attached to an aromatic ring is 1. The summed E-state index contributed by atoms with van der Waals surface area (Å²) in [5.41, 5.74) is 6.46. The van der Waals surface area contributed by atoms with Crippen molar-refractivity contribution in [1.82, 2.24) is 4.98 Å². The molecule has 0 amide bonds. The molecule has 2 bridgehead atoms. The van der Waals surface area contributed by atoms with Crippen molar-refractivity contribution in [3.8, 4) is 0 Å². The van der Waals surface area contributed by atoms with Crippen LogP contribution in [0.15, 0.2) is 12.3 Å². The van der Waals surface area contributed by atoms with Crippen LogP contribution < -0.4 is 10.6 Å². The van der Waals surface area contributed by atoms with Crippen LogP contribution in [0, 0.1) is 0 Å². The number of hydrogen-bond donors (Lipinski definition) is 1. The van der Waals surface area contributed by atoms with Crippen LogP contribution in [0.4, 0.5) is 11.5 Å². The number of methoxy groups -OCH3 is 1. The zero-order valence-corrected chi connectivity index (χ0v) is 10.8. The zero-order chi connectivity index (χ0) is 13.4. The molecule has 1 aromatic rings. The predicted octanol–water partition coefficient (Wildman–Crippen LogP) is 0.818. The number of rotatable bonds is 2. The van der Waals surface area contributed by atoms with Crippen molar-refractivity contribution in [3.05, 3.63) is 17.8 Å². The first-order valence-corrected chi connectivity index (χ1v) is 6.41. The standard InChI is InChI=1S/C13H17N3O3/c1-18-13(17)10-4-12(15-5-11(10)14)16-6-8-2-3-9(7-16)19-8/h4-5,8-9H,2-3,6-7,14H2,1H3. The topological polar surface area (TPSA) is 77.7 Å². The van der Waals surface area contributed by atoms with Crippen molar-refractivity contribution < 1.29 is 14.3 Å². The molecule has 2 aliphatic heterocycles. The molecular formula is C13H17N3O3. The molecule has 2 atom stereocenters. The summed E-state index contributed by atoms with van der Waals surface area (Å²) in [5.74, 6) is 0.326. The van der Waals surface area contributed by atoms with Crippen LogP contribution in [0.25, 0.3) is 0 Å². The fourth-order valence-corrected chi connectivity index (χ4v) is 2.72. The van der Waals surface area contributed by atoms with Gasteiger partial charge >= 0.3 is 5.97 Å². The Morgan fingerprint density at radius 3 is 2.79 bits per heavy atom. The number of nitrogens with two attached hydrogens (primary N) is 1. The van der Waals surface area contributed by atoms with E-state index in [1.165, 1.54) is 13.3 Å². The SMILES string of the molecule is COC(=O)c1cc(N2CC3CCC(C2)O3)ncc1N. The maximum atomic E-state index is 11.6. The van der Waals surface area contributed by atoms with E-state index in [-0.39, 0.29) is 12.2 Å². The molecule has 0 saturated carbocycles. The molecule has 3 heterocycles. The van der Waals surface area contributed by atoms with E-state index < -0.39 is 5.97 Å². The van der Waals surface area contributed by atoms with Crippen LogP contribution in [0.2, 0.25) is 0 Å². The third kappa shape index (κ3) is 2.23. The summed E-state index contributed by atoms with van der Waals surface area (Å²) >= 11 is 0. The molecule has 102 valence electrons. The van der Waals surface area contributed by atoms with Crippen LogP contribution in [-0.4, -0.2) is 43.4 Å². The van der Waals surface area contributed by atoms with Crippen molar-refractivity contribution in [2.45, 2.75) is 25.0 Å². The van der Waals surface area contributed by atoms with Crippen LogP contribution in [0.1, 0.15) is 23.2 Å². The number of carbonyl (C=O) groups excluding carboxylic acids is 1. The number of carbonyl (C=O) groups is 1. The Hall–Kier alpha value is -1.82. The Labute approximate surface area is 111 Å². The maximum absolute atomic E-state index is 11.6. The lowest BCUT2D eigenvalue weighted by Gasteiger charge is -2.33. The highest BCUT2D eigenvalue weighted by Crippen LogP contribution is 2.29. The molecule has 0 aromatic carbocycles. The number of fused-ring (bicyclic) bond motifs is 2. The van der Waals surface area contributed by atoms with Gasteiger partial charge in [-0.05, 0) is 18.9 Å². The van der Waals surface area contributed by atoms with E-state index in [1.807, 2.05) is 0 Å². The number of anilines is 2. The number of esters is 1. The Bertz CT molecular complexity index is 494. The minimum Gasteiger partial charge on any atom is -0.465 e. The quantitative estimate of drug-likeness (QED) is 0.796. The fraction of sp³-hybridized carbons (Fsp3) is 0.538. The van der Waals surface area contributed by atoms with Gasteiger partial charge in [0.05, 0.1) is 36.8 Å². The molecule has 2 N–H and O–H groups in total. The Morgan fingerprint density at radius 1 is 1.47 bits per heavy atom. The first-order valence-electron chi connectivity index (χ1n) is 6.41. The average molecular weight is 263 g/mol. The molecule has 2 aliphatic rings. The summed E-state index contributed by atoms with van der Waals surface area (Å²) in [7, 11) is 1.34. The number of morpholine rings is 1. The fourth-order valence-electron chi connectivity index (χ4n) is 2.72. The molecule has 1 aromatic heterocycles. The van der Waals surface area contributed by atoms with Crippen LogP contribution in [0.3, 0.4) is 0 Å². The van der Waals surface area contributed by atoms with E-state index in [2.05, 4.69) is 9.88 Å². The number of pyridine rings is 1. The average Bonchev–Trinajstić information content (AvgIpc) is 2.77. The van der Waals surface area contributed by atoms with Gasteiger partial charge in [-0.15, -0.1) is 0 Å². The molecule has 6 nitrogen and oxygen atoms in total. The molecule has 2 saturated heterocycles. The van der Waals surface area contributed by atoms with Crippen molar-refractivity contribution in [3.63, 3.8) is 0 Å². The minimum absolute atomic E-state index is 0.277. The highest BCUT2D eigenvalue weighted by atomic mass is 16.5. The van der Waals surface area contributed by atoms with Gasteiger partial charge in [0.25, 0.3) is 0 Å². The summed E-state index contributed by atoms with van der Waals surface area (Å²) in [5, 5.41) is 0. The number of ether oxygens (including phenoxy) is 2. The van der Waals surface area contributed by atoms with Crippen LogP contribution in [-0.2, 0) is 9.47 Å². The van der Waals surface area contributed by atoms with E-state index in [1.54, 1.807) is 6.07 Å². The molecule has 19 heavy (non-hydrogen) atoms. The summed E-state index contributed by atoms with van der Waals surface area (Å²) in [6, 6.07) is 1.70. The number of hydrogen-bond acceptors (Lipinski definition) is 6. The van der Waals surface area contributed by atoms with Crippen LogP contribution in [0.5, 0.6) is 0 Å². The summed E-state index contributed by atoms with van der Waals surface area (Å²) in [4.78, 5) is 18.1. The van der Waals surface area contributed by atoms with Gasteiger partial charge in [-0.3, -0.25) is 0 Å². The highest BCUT2D eigenvalue weighted by molar-refractivity contribution is 5.95. The summed E-state index contributed by atoms with van der Waals surface area (Å²) in [6.45, 7) is 1.63. The van der Waals surface area contributed by atoms with Crippen molar-refractivity contribution >= 4 is 17.5 Å². The zero-order valence-electron chi connectivity index (χ0n) is 10.8. The van der Waals surface area contributed by atoms with Crippen molar-refractivity contribution in [2.24, 2.45) is 0 Å². The van der Waals surface area contributed by atoms with Crippen molar-refractivity contribution in [1.29, 1.82) is 0 Å². The van der Waals surface area contributed by atoms with E-state index in [9.17, 15) is 4.79 Å². The molecule has 2 unspecified atom stereocenters. The second-order valence-corrected chi connectivity index (χ2v) is 4.98. The Morgan fingerprint density at radius 2 is 2.16 bits per heavy atom. The van der Waals surface area contributed by atoms with E-state index in [4.69, 9.17) is 15.2 Å². The number of nitrogens with zero attached hydrogens (tertiary/aromatic N) is 2. The molecular weight excluding hydrogens is 246 g/mol. The van der Waals surface area contributed by atoms with Gasteiger partial charge in [0.15, 0.2) is 0 Å². The molecule has 0 aliphatic carbocycles. The van der Waals surface area contributed by atoms with Gasteiger partial charge in [0.1, 0.15) is 5.82 Å². The first kappa shape index (κ1) is 12.2. The lowest BCUT2D eigenvalue weighted by atomic mass is 10.2. The number of aromatic nitrogens is 1. The van der Waals surface area contributed by atoms with Gasteiger partial charge in [-0.2, -0.15) is 0 Å². The lowest BCUT2D eigenvalue weighted by Crippen LogP contribution is -2.43. The summed E-state index contributed by atoms with van der Waals surface area (Å²) in [6.07, 6.45) is 4.26. The Balaban J connectivity index is 1.87. The van der Waals surface area contributed by atoms with Crippen LogP contribution >= 0.6 is 0 Å². The van der Waals surface area contributed by atoms with Gasteiger partial charge in [0.2, 0.25) is 0 Å². The second kappa shape index (κ2) is 4.70. The normalized spacial score (nSPS) is 25.4. The highest BCUT2D eigenvalue weighted by Gasteiger charge is 2.34. The van der Waals surface area contributed by atoms with Gasteiger partial charge in [-0.25, -0.2) is 9.78 Å². The largest absolute Gasteiger partial charge is 0.465 e. The summed E-state index contributed by atoms with van der Waals surface area (Å²) < 4.78 is 10.5. The predicted molar refractivity (Wildman–Crippen MR) is 70.1 cm³/mol. The van der Waals surface area contributed by atoms with E-state index in [0.29, 0.717) is 11.3 Å². The molecule has 0 radical (unpaired) electrons. The third-order valence-corrected chi connectivity index (χ3v) is 3.69. The monoisotopic (exact) mass is 263 g/mol. The molecule has 0 spiro atoms. The molecule has 6 heteroatoms. The van der Waals surface area contributed by atoms with E-state index >= 15 is 0 Å². The minimum atomic E-state index is -0.433. The van der Waals surface area contributed by atoms with Crippen molar-refractivity contribution in [2.75, 3.05) is 30.8 Å². The Kier molecular flexibility index (Phi) is 3.02. The molecule has 3 rings (SSSR count). The van der Waals surface area contributed by atoms with E-state index in [0.717, 1.165) is 31.7 Å². The second-order valence-electron chi connectivity index (χ2n) is 4.98. The lowest BCUT2D eigenvalue weighted by molar-refractivity contribution is 0.0302.